The van der Waals surface area contributed by atoms with Gasteiger partial charge in [0.25, 0.3) is 5.69 Å². The van der Waals surface area contributed by atoms with Gasteiger partial charge in [0.1, 0.15) is 18.5 Å². The first-order chi connectivity index (χ1) is 9.16. The number of aliphatic hydroxyl groups excluding tert-OH is 1. The summed E-state index contributed by atoms with van der Waals surface area (Å²) >= 11 is 0. The predicted octanol–water partition coefficient (Wildman–Crippen LogP) is 2.57. The summed E-state index contributed by atoms with van der Waals surface area (Å²) in [4.78, 5) is 10.3. The first-order valence-corrected chi connectivity index (χ1v) is 5.84. The number of hydrogen-bond donors (Lipinski definition) is 1. The van der Waals surface area contributed by atoms with Crippen molar-refractivity contribution in [2.45, 2.75) is 12.7 Å². The summed E-state index contributed by atoms with van der Waals surface area (Å²) in [7, 11) is 0. The van der Waals surface area contributed by atoms with E-state index in [0.29, 0.717) is 17.9 Å². The Bertz CT molecular complexity index is 654. The van der Waals surface area contributed by atoms with Crippen molar-refractivity contribution in [1.82, 2.24) is 0 Å². The molecule has 19 heavy (non-hydrogen) atoms. The maximum Gasteiger partial charge on any atom is 0.270 e. The van der Waals surface area contributed by atoms with E-state index in [1.165, 1.54) is 18.2 Å². The third kappa shape index (κ3) is 1.94. The van der Waals surface area contributed by atoms with E-state index in [0.717, 1.165) is 11.1 Å². The molecule has 0 aromatic heterocycles. The van der Waals surface area contributed by atoms with Gasteiger partial charge in [-0.3, -0.25) is 10.1 Å². The third-order valence-corrected chi connectivity index (χ3v) is 3.23. The van der Waals surface area contributed by atoms with Crippen molar-refractivity contribution in [1.29, 1.82) is 0 Å². The van der Waals surface area contributed by atoms with Gasteiger partial charge in [0.15, 0.2) is 0 Å². The highest BCUT2D eigenvalue weighted by atomic mass is 16.6. The van der Waals surface area contributed by atoms with Crippen molar-refractivity contribution in [3.63, 3.8) is 0 Å². The average molecular weight is 257 g/mol. The van der Waals surface area contributed by atoms with Crippen molar-refractivity contribution >= 4 is 5.69 Å². The minimum absolute atomic E-state index is 0.0548. The average Bonchev–Trinajstić information content (AvgIpc) is 2.57. The van der Waals surface area contributed by atoms with Gasteiger partial charge in [0.05, 0.1) is 4.92 Å². The standard InChI is InChI=1S/C14H11NO4/c16-14-11-4-2-1-3-9(11)8-19-13-6-5-10(15(17)18)7-12(13)14/h1-7,14,16H,8H2. The third-order valence-electron chi connectivity index (χ3n) is 3.23. The summed E-state index contributed by atoms with van der Waals surface area (Å²) in [6.07, 6.45) is -0.909. The van der Waals surface area contributed by atoms with E-state index in [1.54, 1.807) is 6.07 Å². The maximum atomic E-state index is 10.8. The van der Waals surface area contributed by atoms with E-state index in [4.69, 9.17) is 4.74 Å². The van der Waals surface area contributed by atoms with Crippen LogP contribution in [0, 0.1) is 10.1 Å². The second-order valence-corrected chi connectivity index (χ2v) is 4.37. The number of aliphatic hydroxyl groups is 1. The maximum absolute atomic E-state index is 10.8. The van der Waals surface area contributed by atoms with E-state index in [9.17, 15) is 15.2 Å². The largest absolute Gasteiger partial charge is 0.488 e. The Hall–Kier alpha value is -2.40. The molecule has 0 fully saturated rings. The molecule has 1 atom stereocenters. The molecule has 0 radical (unpaired) electrons. The summed E-state index contributed by atoms with van der Waals surface area (Å²) in [6.45, 7) is 0.345. The highest BCUT2D eigenvalue weighted by molar-refractivity contribution is 5.50. The van der Waals surface area contributed by atoms with E-state index in [2.05, 4.69) is 0 Å². The molecule has 0 aliphatic carbocycles. The Morgan fingerprint density at radius 2 is 2.00 bits per heavy atom. The lowest BCUT2D eigenvalue weighted by molar-refractivity contribution is -0.385. The fraction of sp³-hybridized carbons (Fsp3) is 0.143. The summed E-state index contributed by atoms with van der Waals surface area (Å²) in [5.74, 6) is 0.481. The van der Waals surface area contributed by atoms with Gasteiger partial charge in [0.2, 0.25) is 0 Å². The van der Waals surface area contributed by atoms with E-state index in [1.807, 2.05) is 18.2 Å². The Balaban J connectivity index is 2.15. The molecule has 1 aliphatic rings. The minimum atomic E-state index is -0.909. The molecule has 0 saturated heterocycles. The lowest BCUT2D eigenvalue weighted by atomic mass is 9.97. The number of fused-ring (bicyclic) bond motifs is 2. The van der Waals surface area contributed by atoms with Crippen LogP contribution in [-0.2, 0) is 6.61 Å². The molecule has 0 bridgehead atoms. The topological polar surface area (TPSA) is 72.6 Å². The molecular formula is C14H11NO4. The molecular weight excluding hydrogens is 246 g/mol. The summed E-state index contributed by atoms with van der Waals surface area (Å²) in [5, 5.41) is 21.2. The van der Waals surface area contributed by atoms with Crippen LogP contribution in [0.1, 0.15) is 22.8 Å². The van der Waals surface area contributed by atoms with Gasteiger partial charge in [-0.15, -0.1) is 0 Å². The number of rotatable bonds is 1. The predicted molar refractivity (Wildman–Crippen MR) is 67.9 cm³/mol. The summed E-state index contributed by atoms with van der Waals surface area (Å²) in [5.41, 5.74) is 1.98. The van der Waals surface area contributed by atoms with Crippen molar-refractivity contribution in [2.24, 2.45) is 0 Å². The van der Waals surface area contributed by atoms with Gasteiger partial charge < -0.3 is 9.84 Å². The molecule has 1 N–H and O–H groups in total. The molecule has 5 heteroatoms. The number of benzene rings is 2. The molecule has 5 nitrogen and oxygen atoms in total. The van der Waals surface area contributed by atoms with Crippen molar-refractivity contribution in [3.05, 3.63) is 69.3 Å². The first-order valence-electron chi connectivity index (χ1n) is 5.84. The number of nitro groups is 1. The number of non-ortho nitro benzene ring substituents is 1. The molecule has 1 unspecified atom stereocenters. The van der Waals surface area contributed by atoms with Gasteiger partial charge in [-0.2, -0.15) is 0 Å². The van der Waals surface area contributed by atoms with Gasteiger partial charge in [0, 0.05) is 17.7 Å². The van der Waals surface area contributed by atoms with Crippen molar-refractivity contribution in [3.8, 4) is 5.75 Å². The van der Waals surface area contributed by atoms with Crippen LogP contribution in [0.5, 0.6) is 5.75 Å². The lowest BCUT2D eigenvalue weighted by Gasteiger charge is -2.12. The molecule has 1 heterocycles. The highest BCUT2D eigenvalue weighted by Gasteiger charge is 2.24. The molecule has 1 aliphatic heterocycles. The molecule has 0 amide bonds. The monoisotopic (exact) mass is 257 g/mol. The zero-order valence-electron chi connectivity index (χ0n) is 9.95. The fourth-order valence-electron chi connectivity index (χ4n) is 2.25. The van der Waals surface area contributed by atoms with Crippen LogP contribution < -0.4 is 4.74 Å². The van der Waals surface area contributed by atoms with Crippen LogP contribution in [0.15, 0.2) is 42.5 Å². The zero-order chi connectivity index (χ0) is 13.4. The number of hydrogen-bond acceptors (Lipinski definition) is 4. The molecule has 2 aromatic rings. The van der Waals surface area contributed by atoms with Gasteiger partial charge in [-0.1, -0.05) is 24.3 Å². The van der Waals surface area contributed by atoms with Gasteiger partial charge in [-0.05, 0) is 17.2 Å². The second-order valence-electron chi connectivity index (χ2n) is 4.37. The van der Waals surface area contributed by atoms with E-state index in [-0.39, 0.29) is 5.69 Å². The molecule has 0 saturated carbocycles. The van der Waals surface area contributed by atoms with Crippen LogP contribution in [0.4, 0.5) is 5.69 Å². The summed E-state index contributed by atoms with van der Waals surface area (Å²) < 4.78 is 5.60. The normalized spacial score (nSPS) is 16.8. The number of nitrogens with zero attached hydrogens (tertiary/aromatic N) is 1. The van der Waals surface area contributed by atoms with Crippen LogP contribution in [0.2, 0.25) is 0 Å². The first kappa shape index (κ1) is 11.7. The van der Waals surface area contributed by atoms with Crippen LogP contribution >= 0.6 is 0 Å². The van der Waals surface area contributed by atoms with Gasteiger partial charge >= 0.3 is 0 Å². The summed E-state index contributed by atoms with van der Waals surface area (Å²) in [6, 6.07) is 11.6. The fourth-order valence-corrected chi connectivity index (χ4v) is 2.25. The van der Waals surface area contributed by atoms with Crippen LogP contribution in [-0.4, -0.2) is 10.0 Å². The zero-order valence-corrected chi connectivity index (χ0v) is 9.95. The van der Waals surface area contributed by atoms with Crippen molar-refractivity contribution < 1.29 is 14.8 Å². The van der Waals surface area contributed by atoms with Crippen molar-refractivity contribution in [2.75, 3.05) is 0 Å². The Morgan fingerprint density at radius 3 is 2.79 bits per heavy atom. The highest BCUT2D eigenvalue weighted by Crippen LogP contribution is 2.37. The Kier molecular flexibility index (Phi) is 2.68. The van der Waals surface area contributed by atoms with Crippen LogP contribution in [0.25, 0.3) is 0 Å². The smallest absolute Gasteiger partial charge is 0.270 e. The van der Waals surface area contributed by atoms with E-state index >= 15 is 0 Å². The van der Waals surface area contributed by atoms with Crippen LogP contribution in [0.3, 0.4) is 0 Å². The Labute approximate surface area is 109 Å². The molecule has 2 aromatic carbocycles. The molecule has 3 rings (SSSR count). The number of ether oxygens (including phenoxy) is 1. The molecule has 0 spiro atoms. The quantitative estimate of drug-likeness (QED) is 0.629. The lowest BCUT2D eigenvalue weighted by Crippen LogP contribution is -2.01. The number of nitro benzene ring substituents is 1. The SMILES string of the molecule is O=[N+]([O-])c1ccc2c(c1)C(O)c1ccccc1CO2. The Morgan fingerprint density at radius 1 is 1.21 bits per heavy atom. The van der Waals surface area contributed by atoms with Gasteiger partial charge in [-0.25, -0.2) is 0 Å². The van der Waals surface area contributed by atoms with E-state index < -0.39 is 11.0 Å². The second kappa shape index (κ2) is 4.37. The minimum Gasteiger partial charge on any atom is -0.488 e. The molecule has 96 valence electrons.